The van der Waals surface area contributed by atoms with Gasteiger partial charge in [0.05, 0.1) is 0 Å². The van der Waals surface area contributed by atoms with Crippen molar-refractivity contribution in [3.05, 3.63) is 101 Å². The van der Waals surface area contributed by atoms with Gasteiger partial charge in [-0.25, -0.2) is 0 Å². The minimum absolute atomic E-state index is 0.00325. The maximum atomic E-state index is 10.7. The fourth-order valence-corrected chi connectivity index (χ4v) is 5.86. The van der Waals surface area contributed by atoms with E-state index in [1.54, 1.807) is 12.1 Å². The number of nitrogens with zero attached hydrogens (tertiary/aromatic N) is 1. The molecule has 1 aliphatic carbocycles. The molecule has 1 heterocycles. The van der Waals surface area contributed by atoms with Crippen molar-refractivity contribution in [3.63, 3.8) is 0 Å². The van der Waals surface area contributed by atoms with Gasteiger partial charge in [0.2, 0.25) is 0 Å². The van der Waals surface area contributed by atoms with E-state index in [0.717, 1.165) is 34.2 Å². The summed E-state index contributed by atoms with van der Waals surface area (Å²) in [6, 6.07) is 24.1. The predicted octanol–water partition coefficient (Wildman–Crippen LogP) is 6.20. The van der Waals surface area contributed by atoms with Crippen LogP contribution in [0.2, 0.25) is 0 Å². The first-order chi connectivity index (χ1) is 17.2. The highest BCUT2D eigenvalue weighted by atomic mass is 16.5. The Balaban J connectivity index is 1.34. The Hall–Kier alpha value is -3.50. The van der Waals surface area contributed by atoms with Crippen molar-refractivity contribution in [2.24, 2.45) is 0 Å². The third-order valence-corrected chi connectivity index (χ3v) is 7.63. The minimum atomic E-state index is -0.00325. The molecule has 0 saturated carbocycles. The van der Waals surface area contributed by atoms with Crippen LogP contribution in [-0.4, -0.2) is 41.4 Å². The van der Waals surface area contributed by atoms with Crippen LogP contribution in [0, 0.1) is 0 Å². The molecular weight excluding hydrogens is 434 g/mol. The van der Waals surface area contributed by atoms with Gasteiger partial charge < -0.3 is 14.9 Å². The first-order valence-electron chi connectivity index (χ1n) is 12.7. The first-order valence-corrected chi connectivity index (χ1v) is 12.7. The molecule has 0 aromatic heterocycles. The Morgan fingerprint density at radius 1 is 0.857 bits per heavy atom. The number of aromatic hydroxyl groups is 2. The van der Waals surface area contributed by atoms with Crippen LogP contribution in [0.3, 0.4) is 0 Å². The Kier molecular flexibility index (Phi) is 5.83. The third kappa shape index (κ3) is 4.23. The van der Waals surface area contributed by atoms with Gasteiger partial charge in [-0.1, -0.05) is 48.9 Å². The number of ether oxygens (including phenoxy) is 1. The van der Waals surface area contributed by atoms with Crippen molar-refractivity contribution in [2.45, 2.75) is 31.6 Å². The largest absolute Gasteiger partial charge is 0.508 e. The zero-order valence-electron chi connectivity index (χ0n) is 19.9. The summed E-state index contributed by atoms with van der Waals surface area (Å²) in [5.41, 5.74) is 5.76. The molecule has 1 aliphatic heterocycles. The van der Waals surface area contributed by atoms with Gasteiger partial charge in [-0.2, -0.15) is 0 Å². The molecule has 2 aliphatic rings. The van der Waals surface area contributed by atoms with E-state index in [2.05, 4.69) is 47.4 Å². The number of fused-ring (bicyclic) bond motifs is 4. The van der Waals surface area contributed by atoms with E-state index in [1.807, 2.05) is 18.2 Å². The van der Waals surface area contributed by atoms with E-state index < -0.39 is 0 Å². The number of benzene rings is 4. The highest BCUT2D eigenvalue weighted by Crippen LogP contribution is 2.46. The number of phenols is 2. The van der Waals surface area contributed by atoms with Gasteiger partial charge in [0.15, 0.2) is 0 Å². The molecular formula is C31H31NO3. The molecule has 6 rings (SSSR count). The number of rotatable bonds is 5. The van der Waals surface area contributed by atoms with Crippen molar-refractivity contribution < 1.29 is 14.9 Å². The lowest BCUT2D eigenvalue weighted by molar-refractivity contribution is 0.183. The predicted molar refractivity (Wildman–Crippen MR) is 140 cm³/mol. The summed E-state index contributed by atoms with van der Waals surface area (Å²) in [4.78, 5) is 2.49. The number of hydrogen-bond donors (Lipinski definition) is 2. The molecule has 35 heavy (non-hydrogen) atoms. The third-order valence-electron chi connectivity index (χ3n) is 7.63. The zero-order chi connectivity index (χ0) is 23.8. The first kappa shape index (κ1) is 22.0. The number of phenolic OH excluding ortho intramolecular Hbond substituents is 2. The minimum Gasteiger partial charge on any atom is -0.508 e. The number of piperidine rings is 1. The Labute approximate surface area is 206 Å². The molecule has 1 unspecified atom stereocenters. The summed E-state index contributed by atoms with van der Waals surface area (Å²) in [6.45, 7) is 4.04. The SMILES string of the molecule is Oc1ccc2c3c(ccc2c1)Cc1c(O)cccc1C3c1ccc(OCCN2CCCCC2)cc1. The monoisotopic (exact) mass is 465 g/mol. The van der Waals surface area contributed by atoms with Crippen LogP contribution >= 0.6 is 0 Å². The van der Waals surface area contributed by atoms with Crippen molar-refractivity contribution in [1.82, 2.24) is 4.90 Å². The average Bonchev–Trinajstić information content (AvgIpc) is 2.89. The smallest absolute Gasteiger partial charge is 0.119 e. The Bertz CT molecular complexity index is 1360. The second-order valence-electron chi connectivity index (χ2n) is 9.82. The standard InChI is InChI=1S/C31H31NO3/c33-24-11-14-26-22(19-24)7-8-23-20-28-27(5-4-6-29(28)34)30(31(23)26)21-9-12-25(13-10-21)35-18-17-32-15-2-1-3-16-32/h4-14,19,30,33-34H,1-3,15-18,20H2. The van der Waals surface area contributed by atoms with Gasteiger partial charge in [-0.05, 0) is 89.3 Å². The summed E-state index contributed by atoms with van der Waals surface area (Å²) < 4.78 is 6.08. The molecule has 4 nitrogen and oxygen atoms in total. The fraction of sp³-hybridized carbons (Fsp3) is 0.290. The van der Waals surface area contributed by atoms with Crippen molar-refractivity contribution >= 4 is 10.8 Å². The van der Waals surface area contributed by atoms with Gasteiger partial charge in [-0.3, -0.25) is 4.90 Å². The van der Waals surface area contributed by atoms with Gasteiger partial charge in [0.1, 0.15) is 23.9 Å². The van der Waals surface area contributed by atoms with Crippen LogP contribution in [0.1, 0.15) is 53.0 Å². The highest BCUT2D eigenvalue weighted by molar-refractivity contribution is 5.90. The maximum absolute atomic E-state index is 10.7. The lowest BCUT2D eigenvalue weighted by atomic mass is 9.73. The molecule has 1 atom stereocenters. The summed E-state index contributed by atoms with van der Waals surface area (Å²) in [5, 5.41) is 22.9. The van der Waals surface area contributed by atoms with Gasteiger partial charge in [-0.15, -0.1) is 0 Å². The Morgan fingerprint density at radius 3 is 2.51 bits per heavy atom. The lowest BCUT2D eigenvalue weighted by Gasteiger charge is -2.31. The van der Waals surface area contributed by atoms with E-state index in [-0.39, 0.29) is 11.7 Å². The molecule has 0 spiro atoms. The second-order valence-corrected chi connectivity index (χ2v) is 9.82. The number of likely N-dealkylation sites (tertiary alicyclic amines) is 1. The summed E-state index contributed by atoms with van der Waals surface area (Å²) >= 11 is 0. The quantitative estimate of drug-likeness (QED) is 0.324. The fourth-order valence-electron chi connectivity index (χ4n) is 5.86. The van der Waals surface area contributed by atoms with Crippen LogP contribution in [0.5, 0.6) is 17.2 Å². The van der Waals surface area contributed by atoms with E-state index in [1.165, 1.54) is 49.0 Å². The van der Waals surface area contributed by atoms with Crippen LogP contribution in [0.15, 0.2) is 72.8 Å². The van der Waals surface area contributed by atoms with E-state index >= 15 is 0 Å². The van der Waals surface area contributed by atoms with Gasteiger partial charge >= 0.3 is 0 Å². The highest BCUT2D eigenvalue weighted by Gasteiger charge is 2.30. The maximum Gasteiger partial charge on any atom is 0.119 e. The molecule has 4 aromatic rings. The van der Waals surface area contributed by atoms with Crippen molar-refractivity contribution in [2.75, 3.05) is 26.2 Å². The summed E-state index contributed by atoms with van der Waals surface area (Å²) in [5.74, 6) is 1.51. The summed E-state index contributed by atoms with van der Waals surface area (Å²) in [7, 11) is 0. The van der Waals surface area contributed by atoms with Crippen LogP contribution in [-0.2, 0) is 6.42 Å². The van der Waals surface area contributed by atoms with Crippen molar-refractivity contribution in [3.8, 4) is 17.2 Å². The van der Waals surface area contributed by atoms with Gasteiger partial charge in [0, 0.05) is 24.4 Å². The van der Waals surface area contributed by atoms with Crippen LogP contribution < -0.4 is 4.74 Å². The van der Waals surface area contributed by atoms with Crippen LogP contribution in [0.25, 0.3) is 10.8 Å². The molecule has 0 radical (unpaired) electrons. The second kappa shape index (κ2) is 9.27. The molecule has 0 amide bonds. The summed E-state index contributed by atoms with van der Waals surface area (Å²) in [6.07, 6.45) is 4.63. The molecule has 0 bridgehead atoms. The number of hydrogen-bond acceptors (Lipinski definition) is 4. The van der Waals surface area contributed by atoms with Gasteiger partial charge in [0.25, 0.3) is 0 Å². The van der Waals surface area contributed by atoms with E-state index in [0.29, 0.717) is 18.8 Å². The molecule has 2 N–H and O–H groups in total. The molecule has 4 heteroatoms. The topological polar surface area (TPSA) is 52.9 Å². The normalized spacial score (nSPS) is 17.7. The van der Waals surface area contributed by atoms with Crippen molar-refractivity contribution in [1.29, 1.82) is 0 Å². The van der Waals surface area contributed by atoms with Crippen LogP contribution in [0.4, 0.5) is 0 Å². The average molecular weight is 466 g/mol. The molecule has 178 valence electrons. The van der Waals surface area contributed by atoms with E-state index in [4.69, 9.17) is 4.74 Å². The van der Waals surface area contributed by atoms with E-state index in [9.17, 15) is 10.2 Å². The molecule has 4 aromatic carbocycles. The zero-order valence-corrected chi connectivity index (χ0v) is 19.9. The lowest BCUT2D eigenvalue weighted by Crippen LogP contribution is -2.33. The Morgan fingerprint density at radius 2 is 1.69 bits per heavy atom. The molecule has 1 saturated heterocycles. The molecule has 1 fully saturated rings.